The topological polar surface area (TPSA) is 32.7 Å². The van der Waals surface area contributed by atoms with Crippen molar-refractivity contribution in [1.82, 2.24) is 4.90 Å². The van der Waals surface area contributed by atoms with Crippen LogP contribution in [0.1, 0.15) is 46.2 Å². The van der Waals surface area contributed by atoms with E-state index in [0.29, 0.717) is 23.8 Å². The largest absolute Gasteiger partial charge is 0.504 e. The lowest BCUT2D eigenvalue weighted by Crippen LogP contribution is -2.36. The molecule has 1 unspecified atom stereocenters. The van der Waals surface area contributed by atoms with E-state index in [0.717, 1.165) is 6.54 Å². The normalized spacial score (nSPS) is 13.3. The molecule has 0 aliphatic rings. The van der Waals surface area contributed by atoms with Gasteiger partial charge in [0.15, 0.2) is 11.5 Å². The summed E-state index contributed by atoms with van der Waals surface area (Å²) in [7, 11) is 1.58. The molecule has 0 spiro atoms. The van der Waals surface area contributed by atoms with Gasteiger partial charge in [0.2, 0.25) is 0 Å². The first-order chi connectivity index (χ1) is 8.86. The highest BCUT2D eigenvalue weighted by atomic mass is 16.5. The summed E-state index contributed by atoms with van der Waals surface area (Å²) in [6.07, 6.45) is 0. The molecule has 3 nitrogen and oxygen atoms in total. The van der Waals surface area contributed by atoms with Gasteiger partial charge in [-0.3, -0.25) is 4.90 Å². The van der Waals surface area contributed by atoms with Crippen LogP contribution < -0.4 is 4.74 Å². The second-order valence-electron chi connectivity index (χ2n) is 5.79. The summed E-state index contributed by atoms with van der Waals surface area (Å²) >= 11 is 0. The fourth-order valence-corrected chi connectivity index (χ4v) is 2.38. The Bertz CT molecular complexity index is 402. The molecule has 0 radical (unpaired) electrons. The molecule has 0 saturated carbocycles. The first kappa shape index (κ1) is 15.8. The van der Waals surface area contributed by atoms with E-state index in [1.165, 1.54) is 5.56 Å². The molecule has 1 aromatic rings. The van der Waals surface area contributed by atoms with Crippen molar-refractivity contribution in [3.63, 3.8) is 0 Å². The molecule has 0 amide bonds. The highest BCUT2D eigenvalue weighted by Crippen LogP contribution is 2.31. The number of rotatable bonds is 6. The summed E-state index contributed by atoms with van der Waals surface area (Å²) in [4.78, 5) is 2.47. The van der Waals surface area contributed by atoms with Gasteiger partial charge in [-0.25, -0.2) is 0 Å². The maximum absolute atomic E-state index is 9.67. The van der Waals surface area contributed by atoms with E-state index in [4.69, 9.17) is 4.74 Å². The molecular formula is C16H27NO2. The van der Waals surface area contributed by atoms with Crippen LogP contribution in [0.3, 0.4) is 0 Å². The number of methoxy groups -OCH3 is 1. The van der Waals surface area contributed by atoms with Crippen molar-refractivity contribution in [2.24, 2.45) is 5.92 Å². The van der Waals surface area contributed by atoms with Crippen molar-refractivity contribution in [3.05, 3.63) is 23.8 Å². The van der Waals surface area contributed by atoms with Gasteiger partial charge >= 0.3 is 0 Å². The highest BCUT2D eigenvalue weighted by Gasteiger charge is 2.20. The van der Waals surface area contributed by atoms with Crippen molar-refractivity contribution in [2.45, 2.75) is 46.7 Å². The second-order valence-corrected chi connectivity index (χ2v) is 5.79. The smallest absolute Gasteiger partial charge is 0.160 e. The van der Waals surface area contributed by atoms with Gasteiger partial charge in [-0.1, -0.05) is 19.9 Å². The molecule has 0 bridgehead atoms. The van der Waals surface area contributed by atoms with Crippen LogP contribution in [0.25, 0.3) is 0 Å². The van der Waals surface area contributed by atoms with Gasteiger partial charge in [0.25, 0.3) is 0 Å². The van der Waals surface area contributed by atoms with Gasteiger partial charge in [0, 0.05) is 18.6 Å². The van der Waals surface area contributed by atoms with Crippen molar-refractivity contribution in [3.8, 4) is 11.5 Å². The molecule has 1 atom stereocenters. The summed E-state index contributed by atoms with van der Waals surface area (Å²) in [5.74, 6) is 1.36. The lowest BCUT2D eigenvalue weighted by molar-refractivity contribution is 0.145. The summed E-state index contributed by atoms with van der Waals surface area (Å²) in [5.41, 5.74) is 1.17. The minimum absolute atomic E-state index is 0.193. The van der Waals surface area contributed by atoms with Crippen molar-refractivity contribution < 1.29 is 9.84 Å². The second kappa shape index (κ2) is 6.80. The Morgan fingerprint density at radius 2 is 1.79 bits per heavy atom. The fourth-order valence-electron chi connectivity index (χ4n) is 2.38. The van der Waals surface area contributed by atoms with Crippen LogP contribution in [0.2, 0.25) is 0 Å². The number of hydrogen-bond acceptors (Lipinski definition) is 3. The monoisotopic (exact) mass is 265 g/mol. The van der Waals surface area contributed by atoms with E-state index < -0.39 is 0 Å². The zero-order chi connectivity index (χ0) is 14.6. The van der Waals surface area contributed by atoms with Crippen LogP contribution in [-0.4, -0.2) is 29.7 Å². The first-order valence-electron chi connectivity index (χ1n) is 6.99. The lowest BCUT2D eigenvalue weighted by atomic mass is 10.0. The Morgan fingerprint density at radius 1 is 1.16 bits per heavy atom. The molecule has 0 heterocycles. The van der Waals surface area contributed by atoms with Gasteiger partial charge < -0.3 is 9.84 Å². The van der Waals surface area contributed by atoms with Crippen LogP contribution in [-0.2, 0) is 0 Å². The molecular weight excluding hydrogens is 238 g/mol. The average Bonchev–Trinajstić information content (AvgIpc) is 2.35. The van der Waals surface area contributed by atoms with Crippen molar-refractivity contribution >= 4 is 0 Å². The molecule has 1 N–H and O–H groups in total. The van der Waals surface area contributed by atoms with Gasteiger partial charge in [0.1, 0.15) is 0 Å². The fraction of sp³-hybridized carbons (Fsp3) is 0.625. The number of phenolic OH excluding ortho intramolecular Hbond substituents is 1. The Labute approximate surface area is 117 Å². The molecule has 0 fully saturated rings. The number of benzene rings is 1. The third-order valence-corrected chi connectivity index (χ3v) is 3.42. The van der Waals surface area contributed by atoms with Crippen molar-refractivity contribution in [1.29, 1.82) is 0 Å². The summed E-state index contributed by atoms with van der Waals surface area (Å²) < 4.78 is 5.19. The van der Waals surface area contributed by atoms with Gasteiger partial charge in [-0.2, -0.15) is 0 Å². The van der Waals surface area contributed by atoms with E-state index in [9.17, 15) is 5.11 Å². The highest BCUT2D eigenvalue weighted by molar-refractivity contribution is 5.42. The van der Waals surface area contributed by atoms with Crippen LogP contribution in [0.15, 0.2) is 18.2 Å². The molecule has 3 heteroatoms. The zero-order valence-corrected chi connectivity index (χ0v) is 13.0. The first-order valence-corrected chi connectivity index (χ1v) is 6.99. The Hall–Kier alpha value is -1.22. The number of nitrogens with zero attached hydrogens (tertiary/aromatic N) is 1. The van der Waals surface area contributed by atoms with Crippen LogP contribution in [0.5, 0.6) is 11.5 Å². The van der Waals surface area contributed by atoms with E-state index in [2.05, 4.69) is 39.5 Å². The number of phenols is 1. The third kappa shape index (κ3) is 4.13. The minimum Gasteiger partial charge on any atom is -0.504 e. The molecule has 1 rings (SSSR count). The number of aromatic hydroxyl groups is 1. The third-order valence-electron chi connectivity index (χ3n) is 3.42. The maximum atomic E-state index is 9.67. The molecule has 0 aliphatic carbocycles. The predicted molar refractivity (Wildman–Crippen MR) is 79.8 cm³/mol. The quantitative estimate of drug-likeness (QED) is 0.848. The molecule has 0 saturated heterocycles. The molecule has 0 aromatic heterocycles. The van der Waals surface area contributed by atoms with Gasteiger partial charge in [-0.05, 0) is 44.4 Å². The summed E-state index contributed by atoms with van der Waals surface area (Å²) in [6, 6.07) is 6.39. The lowest BCUT2D eigenvalue weighted by Gasteiger charge is -2.34. The molecule has 1 aromatic carbocycles. The molecule has 0 aliphatic heterocycles. The SMILES string of the molecule is COc1cc(C(C)N(CC(C)C)C(C)C)ccc1O. The molecule has 19 heavy (non-hydrogen) atoms. The van der Waals surface area contributed by atoms with Crippen molar-refractivity contribution in [2.75, 3.05) is 13.7 Å². The van der Waals surface area contributed by atoms with E-state index in [1.807, 2.05) is 12.1 Å². The Kier molecular flexibility index (Phi) is 5.67. The number of ether oxygens (including phenoxy) is 1. The standard InChI is InChI=1S/C16H27NO2/c1-11(2)10-17(12(3)4)13(5)14-7-8-15(18)16(9-14)19-6/h7-9,11-13,18H,10H2,1-6H3. The Morgan fingerprint density at radius 3 is 2.26 bits per heavy atom. The van der Waals surface area contributed by atoms with E-state index in [-0.39, 0.29) is 5.75 Å². The zero-order valence-electron chi connectivity index (χ0n) is 13.0. The summed E-state index contributed by atoms with van der Waals surface area (Å²) in [6.45, 7) is 12.2. The number of hydrogen-bond donors (Lipinski definition) is 1. The predicted octanol–water partition coefficient (Wildman–Crippen LogP) is 3.83. The van der Waals surface area contributed by atoms with Gasteiger partial charge in [-0.15, -0.1) is 0 Å². The van der Waals surface area contributed by atoms with Crippen LogP contribution >= 0.6 is 0 Å². The maximum Gasteiger partial charge on any atom is 0.160 e. The van der Waals surface area contributed by atoms with E-state index in [1.54, 1.807) is 13.2 Å². The average molecular weight is 265 g/mol. The van der Waals surface area contributed by atoms with Crippen LogP contribution in [0, 0.1) is 5.92 Å². The van der Waals surface area contributed by atoms with E-state index >= 15 is 0 Å². The molecule has 108 valence electrons. The minimum atomic E-state index is 0.193. The van der Waals surface area contributed by atoms with Gasteiger partial charge in [0.05, 0.1) is 7.11 Å². The summed E-state index contributed by atoms with van der Waals surface area (Å²) in [5, 5.41) is 9.67. The Balaban J connectivity index is 2.98. The van der Waals surface area contributed by atoms with Crippen LogP contribution in [0.4, 0.5) is 0 Å².